The highest BCUT2D eigenvalue weighted by Gasteiger charge is 2.25. The molecule has 0 saturated heterocycles. The number of rotatable bonds is 35. The molecular weight excluding hydrogens is 634 g/mol. The smallest absolute Gasteiger partial charge is 0.361 e. The van der Waals surface area contributed by atoms with Gasteiger partial charge in [0.1, 0.15) is 13.2 Å². The molecule has 0 aromatic heterocycles. The Hall–Kier alpha value is -2.49. The number of quaternary nitrogens is 1. The summed E-state index contributed by atoms with van der Waals surface area (Å²) in [5.41, 5.74) is 0. The number of unbranched alkanes of at least 4 members (excludes halogenated alkanes) is 14. The summed E-state index contributed by atoms with van der Waals surface area (Å²) in [7, 11) is 5.93. The molecule has 0 aromatic rings. The van der Waals surface area contributed by atoms with Crippen LogP contribution in [0.15, 0.2) is 36.5 Å². The molecule has 0 aliphatic rings. The molecule has 0 amide bonds. The Morgan fingerprint density at radius 3 is 1.68 bits per heavy atom. The van der Waals surface area contributed by atoms with Crippen molar-refractivity contribution in [2.45, 2.75) is 161 Å². The van der Waals surface area contributed by atoms with Crippen molar-refractivity contribution in [3.63, 3.8) is 0 Å². The minimum Gasteiger partial charge on any atom is -0.477 e. The Bertz CT molecular complexity index is 924. The number of likely N-dealkylation sites (N-methyl/N-ethyl adjacent to an activating group) is 1. The van der Waals surface area contributed by atoms with E-state index >= 15 is 0 Å². The third kappa shape index (κ3) is 34.0. The predicted octanol–water partition coefficient (Wildman–Crippen LogP) is 9.49. The third-order valence-electron chi connectivity index (χ3n) is 8.10. The second kappa shape index (κ2) is 33.6. The van der Waals surface area contributed by atoms with Gasteiger partial charge >= 0.3 is 17.9 Å². The van der Waals surface area contributed by atoms with Gasteiger partial charge in [0.2, 0.25) is 0 Å². The van der Waals surface area contributed by atoms with Crippen molar-refractivity contribution in [2.24, 2.45) is 0 Å². The van der Waals surface area contributed by atoms with Gasteiger partial charge in [-0.25, -0.2) is 4.79 Å². The van der Waals surface area contributed by atoms with E-state index in [0.29, 0.717) is 17.4 Å². The molecule has 0 spiro atoms. The second-order valence-corrected chi connectivity index (χ2v) is 14.2. The van der Waals surface area contributed by atoms with Crippen LogP contribution in [-0.2, 0) is 33.3 Å². The van der Waals surface area contributed by atoms with Gasteiger partial charge in [-0.15, -0.1) is 0 Å². The van der Waals surface area contributed by atoms with Crippen molar-refractivity contribution in [1.29, 1.82) is 0 Å². The first-order valence-electron chi connectivity index (χ1n) is 19.7. The van der Waals surface area contributed by atoms with Gasteiger partial charge in [-0.05, 0) is 64.2 Å². The molecule has 290 valence electrons. The number of carboxylic acids is 1. The summed E-state index contributed by atoms with van der Waals surface area (Å²) in [6.07, 6.45) is 32.0. The number of carbonyl (C=O) groups is 3. The van der Waals surface area contributed by atoms with E-state index < -0.39 is 24.3 Å². The van der Waals surface area contributed by atoms with E-state index in [1.807, 2.05) is 21.1 Å². The average molecular weight is 709 g/mol. The largest absolute Gasteiger partial charge is 0.477 e. The van der Waals surface area contributed by atoms with E-state index in [4.69, 9.17) is 18.9 Å². The Morgan fingerprint density at radius 2 is 1.12 bits per heavy atom. The minimum absolute atomic E-state index is 0.183. The van der Waals surface area contributed by atoms with Gasteiger partial charge in [0.05, 0.1) is 34.4 Å². The Kier molecular flexibility index (Phi) is 32.0. The Labute approximate surface area is 305 Å². The predicted molar refractivity (Wildman–Crippen MR) is 203 cm³/mol. The first kappa shape index (κ1) is 47.5. The van der Waals surface area contributed by atoms with Crippen LogP contribution in [0.1, 0.15) is 149 Å². The van der Waals surface area contributed by atoms with Gasteiger partial charge in [-0.1, -0.05) is 108 Å². The number of hydrogen-bond donors (Lipinski definition) is 1. The van der Waals surface area contributed by atoms with E-state index in [0.717, 1.165) is 83.5 Å². The molecule has 9 nitrogen and oxygen atoms in total. The maximum Gasteiger partial charge on any atom is 0.361 e. The Morgan fingerprint density at radius 1 is 0.600 bits per heavy atom. The monoisotopic (exact) mass is 709 g/mol. The Balaban J connectivity index is 4.57. The van der Waals surface area contributed by atoms with Crippen molar-refractivity contribution >= 4 is 17.9 Å². The molecule has 0 radical (unpaired) electrons. The summed E-state index contributed by atoms with van der Waals surface area (Å²) in [6.45, 7) is 4.73. The highest BCUT2D eigenvalue weighted by atomic mass is 16.7. The number of esters is 2. The van der Waals surface area contributed by atoms with Gasteiger partial charge in [-0.3, -0.25) is 9.59 Å². The van der Waals surface area contributed by atoms with Crippen LogP contribution >= 0.6 is 0 Å². The van der Waals surface area contributed by atoms with Gasteiger partial charge in [-0.2, -0.15) is 0 Å². The second-order valence-electron chi connectivity index (χ2n) is 14.2. The van der Waals surface area contributed by atoms with Crippen molar-refractivity contribution in [3.8, 4) is 0 Å². The van der Waals surface area contributed by atoms with Crippen LogP contribution in [0.5, 0.6) is 0 Å². The fourth-order valence-electron chi connectivity index (χ4n) is 4.98. The van der Waals surface area contributed by atoms with E-state index in [1.165, 1.54) is 32.1 Å². The first-order chi connectivity index (χ1) is 24.1. The van der Waals surface area contributed by atoms with E-state index in [9.17, 15) is 19.5 Å². The minimum atomic E-state index is -1.51. The van der Waals surface area contributed by atoms with Crippen molar-refractivity contribution in [3.05, 3.63) is 36.5 Å². The normalized spacial score (nSPS) is 13.4. The number of carbonyl (C=O) groups excluding carboxylic acids is 2. The summed E-state index contributed by atoms with van der Waals surface area (Å²) >= 11 is 0. The lowest BCUT2D eigenvalue weighted by Crippen LogP contribution is -2.40. The molecule has 2 unspecified atom stereocenters. The molecule has 0 saturated carbocycles. The average Bonchev–Trinajstić information content (AvgIpc) is 3.06. The molecule has 9 heteroatoms. The highest BCUT2D eigenvalue weighted by molar-refractivity contribution is 5.71. The molecule has 2 atom stereocenters. The van der Waals surface area contributed by atoms with Gasteiger partial charge < -0.3 is 28.5 Å². The van der Waals surface area contributed by atoms with E-state index in [-0.39, 0.29) is 38.6 Å². The fourth-order valence-corrected chi connectivity index (χ4v) is 4.98. The number of aliphatic carboxylic acids is 1. The molecule has 0 aliphatic carbocycles. The van der Waals surface area contributed by atoms with Crippen molar-refractivity contribution < 1.29 is 42.9 Å². The lowest BCUT2D eigenvalue weighted by Gasteiger charge is -2.25. The third-order valence-corrected chi connectivity index (χ3v) is 8.10. The van der Waals surface area contributed by atoms with Crippen molar-refractivity contribution in [2.75, 3.05) is 47.5 Å². The van der Waals surface area contributed by atoms with Crippen LogP contribution in [-0.4, -0.2) is 87.4 Å². The van der Waals surface area contributed by atoms with Crippen LogP contribution in [0.25, 0.3) is 0 Å². The summed E-state index contributed by atoms with van der Waals surface area (Å²) < 4.78 is 22.6. The maximum absolute atomic E-state index is 12.7. The zero-order valence-electron chi connectivity index (χ0n) is 32.5. The molecule has 0 bridgehead atoms. The number of ether oxygens (including phenoxy) is 4. The molecule has 50 heavy (non-hydrogen) atoms. The molecule has 0 aromatic carbocycles. The van der Waals surface area contributed by atoms with E-state index in [1.54, 1.807) is 0 Å². The summed E-state index contributed by atoms with van der Waals surface area (Å²) in [5.74, 6) is -2.05. The van der Waals surface area contributed by atoms with E-state index in [2.05, 4.69) is 50.3 Å². The zero-order chi connectivity index (χ0) is 37.1. The van der Waals surface area contributed by atoms with Crippen LogP contribution in [0, 0.1) is 0 Å². The first-order valence-corrected chi connectivity index (χ1v) is 19.7. The lowest BCUT2D eigenvalue weighted by atomic mass is 10.1. The van der Waals surface area contributed by atoms with Crippen molar-refractivity contribution in [1.82, 2.24) is 0 Å². The fraction of sp³-hybridized carbons (Fsp3) is 0.780. The molecule has 0 aliphatic heterocycles. The number of nitrogens with zero attached hydrogens (tertiary/aromatic N) is 1. The molecule has 0 heterocycles. The van der Waals surface area contributed by atoms with Crippen LogP contribution in [0.3, 0.4) is 0 Å². The standard InChI is InChI=1S/C41H73NO8/c1-6-8-10-12-14-16-18-20-22-24-26-28-30-32-39(44)50-37(36-49-41(40(45)46)47-34-33-42(3,4)5)35-48-38(43)31-29-27-25-23-21-19-17-15-13-11-9-7-2/h10,12,15-18,37,41H,6-9,11,13-14,19-36H2,1-5H3/p+1/b12-10-,17-15-,18-16-. The maximum atomic E-state index is 12.7. The zero-order valence-corrected chi connectivity index (χ0v) is 32.5. The van der Waals surface area contributed by atoms with Crippen LogP contribution < -0.4 is 0 Å². The highest BCUT2D eigenvalue weighted by Crippen LogP contribution is 2.12. The lowest BCUT2D eigenvalue weighted by molar-refractivity contribution is -0.870. The summed E-state index contributed by atoms with van der Waals surface area (Å²) in [4.78, 5) is 36.9. The van der Waals surface area contributed by atoms with Crippen LogP contribution in [0.4, 0.5) is 0 Å². The van der Waals surface area contributed by atoms with Gasteiger partial charge in [0.25, 0.3) is 6.29 Å². The molecule has 0 rings (SSSR count). The number of hydrogen-bond acceptors (Lipinski definition) is 7. The molecule has 1 N–H and O–H groups in total. The SMILES string of the molecule is CCC/C=C\C/C=C\CCCCCCCC(=O)OC(COC(=O)CCCCCCC/C=C\CCCCC)COC(OCC[N+](C)(C)C)C(=O)O. The topological polar surface area (TPSA) is 108 Å². The molecular formula is C41H74NO8+. The van der Waals surface area contributed by atoms with Gasteiger partial charge in [0, 0.05) is 12.8 Å². The van der Waals surface area contributed by atoms with Gasteiger partial charge in [0.15, 0.2) is 6.10 Å². The van der Waals surface area contributed by atoms with Crippen LogP contribution in [0.2, 0.25) is 0 Å². The number of carboxylic acid groups (broad SMARTS) is 1. The summed E-state index contributed by atoms with van der Waals surface area (Å²) in [5, 5.41) is 9.59. The molecule has 0 fully saturated rings. The number of allylic oxidation sites excluding steroid dienone is 6. The quantitative estimate of drug-likeness (QED) is 0.0228. The summed E-state index contributed by atoms with van der Waals surface area (Å²) in [6, 6.07) is 0.